The Morgan fingerprint density at radius 3 is 2.37 bits per heavy atom. The predicted molar refractivity (Wildman–Crippen MR) is 113 cm³/mol. The van der Waals surface area contributed by atoms with Crippen LogP contribution in [0.5, 0.6) is 5.75 Å². The fraction of sp³-hybridized carbons (Fsp3) is 0.125. The number of benzene rings is 2. The van der Waals surface area contributed by atoms with Crippen molar-refractivity contribution in [3.8, 4) is 5.75 Å². The van der Waals surface area contributed by atoms with Crippen LogP contribution in [0.2, 0.25) is 0 Å². The number of aryl methyl sites for hydroxylation is 2. The SMILES string of the molecule is Cc1ccc(/C(O)=C2/C(=O)C(=O)N(c3ccccc3O)C2c2ccccn2)cc1C. The number of aliphatic hydroxyl groups is 1. The Morgan fingerprint density at radius 1 is 0.967 bits per heavy atom. The van der Waals surface area contributed by atoms with Crippen LogP contribution in [0.25, 0.3) is 5.76 Å². The van der Waals surface area contributed by atoms with Gasteiger partial charge in [0.05, 0.1) is 17.0 Å². The van der Waals surface area contributed by atoms with Crippen molar-refractivity contribution in [1.82, 2.24) is 4.98 Å². The Labute approximate surface area is 173 Å². The molecule has 1 aliphatic rings. The molecule has 1 atom stereocenters. The summed E-state index contributed by atoms with van der Waals surface area (Å²) in [6.45, 7) is 3.85. The Bertz CT molecular complexity index is 1180. The molecular formula is C24H20N2O4. The standard InChI is InChI=1S/C24H20N2O4/c1-14-10-11-16(13-15(14)2)22(28)20-21(17-7-5-6-12-25-17)26(24(30)23(20)29)18-8-3-4-9-19(18)27/h3-13,21,27-28H,1-2H3/b22-20-. The first kappa shape index (κ1) is 19.4. The lowest BCUT2D eigenvalue weighted by Gasteiger charge is -2.25. The van der Waals surface area contributed by atoms with E-state index < -0.39 is 17.7 Å². The Kier molecular flexibility index (Phi) is 4.83. The number of hydrogen-bond acceptors (Lipinski definition) is 5. The minimum absolute atomic E-state index is 0.0646. The van der Waals surface area contributed by atoms with Crippen LogP contribution in [0.4, 0.5) is 5.69 Å². The van der Waals surface area contributed by atoms with Gasteiger partial charge in [-0.1, -0.05) is 30.3 Å². The zero-order valence-electron chi connectivity index (χ0n) is 16.5. The molecule has 30 heavy (non-hydrogen) atoms. The van der Waals surface area contributed by atoms with Crippen LogP contribution in [0.15, 0.2) is 72.4 Å². The van der Waals surface area contributed by atoms with E-state index in [-0.39, 0.29) is 22.8 Å². The summed E-state index contributed by atoms with van der Waals surface area (Å²) in [6, 6.07) is 15.8. The van der Waals surface area contributed by atoms with E-state index in [0.717, 1.165) is 11.1 Å². The van der Waals surface area contributed by atoms with Gasteiger partial charge in [0.2, 0.25) is 0 Å². The van der Waals surface area contributed by atoms with Gasteiger partial charge < -0.3 is 10.2 Å². The third-order valence-electron chi connectivity index (χ3n) is 5.33. The van der Waals surface area contributed by atoms with Gasteiger partial charge >= 0.3 is 0 Å². The molecule has 0 bridgehead atoms. The highest BCUT2D eigenvalue weighted by atomic mass is 16.3. The van der Waals surface area contributed by atoms with Crippen LogP contribution < -0.4 is 4.90 Å². The van der Waals surface area contributed by atoms with E-state index in [0.29, 0.717) is 11.3 Å². The number of anilines is 1. The van der Waals surface area contributed by atoms with Gasteiger partial charge in [-0.2, -0.15) is 0 Å². The maximum Gasteiger partial charge on any atom is 0.300 e. The summed E-state index contributed by atoms with van der Waals surface area (Å²) in [5.41, 5.74) is 2.95. The Balaban J connectivity index is 1.97. The minimum Gasteiger partial charge on any atom is -0.507 e. The van der Waals surface area contributed by atoms with E-state index in [4.69, 9.17) is 0 Å². The second kappa shape index (κ2) is 7.48. The summed E-state index contributed by atoms with van der Waals surface area (Å²) in [6.07, 6.45) is 1.55. The molecule has 1 aliphatic heterocycles. The largest absolute Gasteiger partial charge is 0.507 e. The quantitative estimate of drug-likeness (QED) is 0.394. The molecule has 0 aliphatic carbocycles. The first-order chi connectivity index (χ1) is 14.4. The summed E-state index contributed by atoms with van der Waals surface area (Å²) in [7, 11) is 0. The van der Waals surface area contributed by atoms with Gasteiger partial charge in [0.1, 0.15) is 17.6 Å². The second-order valence-electron chi connectivity index (χ2n) is 7.21. The van der Waals surface area contributed by atoms with Crippen molar-refractivity contribution in [2.45, 2.75) is 19.9 Å². The lowest BCUT2D eigenvalue weighted by Crippen LogP contribution is -2.29. The zero-order valence-corrected chi connectivity index (χ0v) is 16.5. The van der Waals surface area contributed by atoms with E-state index >= 15 is 0 Å². The van der Waals surface area contributed by atoms with Crippen molar-refractivity contribution in [2.75, 3.05) is 4.90 Å². The highest BCUT2D eigenvalue weighted by Crippen LogP contribution is 2.44. The molecule has 6 nitrogen and oxygen atoms in total. The maximum atomic E-state index is 13.0. The summed E-state index contributed by atoms with van der Waals surface area (Å²) in [5.74, 6) is -2.08. The molecule has 6 heteroatoms. The molecular weight excluding hydrogens is 380 g/mol. The number of rotatable bonds is 3. The van der Waals surface area contributed by atoms with Gasteiger partial charge in [-0.15, -0.1) is 0 Å². The van der Waals surface area contributed by atoms with E-state index in [1.165, 1.54) is 11.0 Å². The average molecular weight is 400 g/mol. The number of pyridine rings is 1. The Morgan fingerprint density at radius 2 is 1.70 bits per heavy atom. The van der Waals surface area contributed by atoms with Crippen molar-refractivity contribution in [1.29, 1.82) is 0 Å². The number of para-hydroxylation sites is 2. The fourth-order valence-corrected chi connectivity index (χ4v) is 3.61. The number of aromatic nitrogens is 1. The van der Waals surface area contributed by atoms with Crippen LogP contribution in [-0.4, -0.2) is 26.9 Å². The third-order valence-corrected chi connectivity index (χ3v) is 5.33. The number of hydrogen-bond donors (Lipinski definition) is 2. The average Bonchev–Trinajstić information content (AvgIpc) is 3.01. The lowest BCUT2D eigenvalue weighted by molar-refractivity contribution is -0.132. The van der Waals surface area contributed by atoms with Gasteiger partial charge in [-0.25, -0.2) is 0 Å². The van der Waals surface area contributed by atoms with Crippen molar-refractivity contribution < 1.29 is 19.8 Å². The van der Waals surface area contributed by atoms with E-state index in [1.54, 1.807) is 54.7 Å². The van der Waals surface area contributed by atoms with E-state index in [1.807, 2.05) is 19.9 Å². The van der Waals surface area contributed by atoms with Crippen LogP contribution in [0.1, 0.15) is 28.4 Å². The molecule has 0 saturated carbocycles. The molecule has 1 fully saturated rings. The van der Waals surface area contributed by atoms with Gasteiger partial charge in [-0.05, 0) is 55.3 Å². The molecule has 3 aromatic rings. The molecule has 0 spiro atoms. The van der Waals surface area contributed by atoms with Crippen molar-refractivity contribution in [2.24, 2.45) is 0 Å². The predicted octanol–water partition coefficient (Wildman–Crippen LogP) is 4.03. The number of amides is 1. The highest BCUT2D eigenvalue weighted by Gasteiger charge is 2.48. The van der Waals surface area contributed by atoms with Gasteiger partial charge in [0.15, 0.2) is 0 Å². The molecule has 1 aromatic heterocycles. The van der Waals surface area contributed by atoms with Crippen LogP contribution >= 0.6 is 0 Å². The molecule has 1 saturated heterocycles. The fourth-order valence-electron chi connectivity index (χ4n) is 3.61. The third kappa shape index (κ3) is 3.12. The molecule has 2 heterocycles. The smallest absolute Gasteiger partial charge is 0.300 e. The summed E-state index contributed by atoms with van der Waals surface area (Å²) in [5, 5.41) is 21.4. The molecule has 150 valence electrons. The number of aliphatic hydroxyl groups excluding tert-OH is 1. The summed E-state index contributed by atoms with van der Waals surface area (Å²) in [4.78, 5) is 31.5. The maximum absolute atomic E-state index is 13.0. The number of phenols is 1. The molecule has 1 amide bonds. The number of Topliss-reactive ketones (excluding diaryl/α,β-unsaturated/α-hetero) is 1. The number of carbonyl (C=O) groups is 2. The van der Waals surface area contributed by atoms with Crippen molar-refractivity contribution >= 4 is 23.1 Å². The topological polar surface area (TPSA) is 90.7 Å². The zero-order chi connectivity index (χ0) is 21.4. The van der Waals surface area contributed by atoms with Gasteiger partial charge in [0.25, 0.3) is 11.7 Å². The summed E-state index contributed by atoms with van der Waals surface area (Å²) >= 11 is 0. The van der Waals surface area contributed by atoms with Crippen molar-refractivity contribution in [3.05, 3.63) is 94.8 Å². The van der Waals surface area contributed by atoms with Gasteiger partial charge in [0, 0.05) is 11.8 Å². The monoisotopic (exact) mass is 400 g/mol. The van der Waals surface area contributed by atoms with Crippen molar-refractivity contribution in [3.63, 3.8) is 0 Å². The summed E-state index contributed by atoms with van der Waals surface area (Å²) < 4.78 is 0. The van der Waals surface area contributed by atoms with Gasteiger partial charge in [-0.3, -0.25) is 19.5 Å². The molecule has 4 rings (SSSR count). The number of carbonyl (C=O) groups excluding carboxylic acids is 2. The van der Waals surface area contributed by atoms with Crippen LogP contribution in [0, 0.1) is 13.8 Å². The first-order valence-electron chi connectivity index (χ1n) is 9.47. The molecule has 0 radical (unpaired) electrons. The Hall–Kier alpha value is -3.93. The lowest BCUT2D eigenvalue weighted by atomic mass is 9.96. The second-order valence-corrected chi connectivity index (χ2v) is 7.21. The van der Waals surface area contributed by atoms with E-state index in [2.05, 4.69) is 4.98 Å². The number of phenolic OH excluding ortho intramolecular Hbond substituents is 1. The first-order valence-corrected chi connectivity index (χ1v) is 9.47. The van der Waals surface area contributed by atoms with Crippen LogP contribution in [-0.2, 0) is 9.59 Å². The highest BCUT2D eigenvalue weighted by molar-refractivity contribution is 6.51. The molecule has 1 unspecified atom stereocenters. The normalized spacial score (nSPS) is 18.1. The number of nitrogens with zero attached hydrogens (tertiary/aromatic N) is 2. The number of ketones is 1. The minimum atomic E-state index is -0.971. The molecule has 2 N–H and O–H groups in total. The van der Waals surface area contributed by atoms with Crippen LogP contribution in [0.3, 0.4) is 0 Å². The van der Waals surface area contributed by atoms with E-state index in [9.17, 15) is 19.8 Å². The molecule has 2 aromatic carbocycles. The number of aromatic hydroxyl groups is 1.